The molecule has 0 unspecified atom stereocenters. The molecule has 0 radical (unpaired) electrons. The number of rotatable bonds is 9. The summed E-state index contributed by atoms with van der Waals surface area (Å²) in [4.78, 5) is 96.1. The number of aliphatic hydroxyl groups is 1. The number of allylic oxidation sites excluding steroid dienone is 1. The van der Waals surface area contributed by atoms with Crippen LogP contribution in [0.2, 0.25) is 0 Å². The van der Waals surface area contributed by atoms with E-state index in [9.17, 15) is 38.7 Å². The Kier molecular flexibility index (Phi) is 10.8. The molecule has 3 N–H and O–H groups in total. The molecule has 1 aromatic carbocycles. The first-order chi connectivity index (χ1) is 23.5. The number of likely N-dealkylation sites (N-methyl/N-ethyl adjacent to an activating group) is 1. The van der Waals surface area contributed by atoms with E-state index in [4.69, 9.17) is 9.47 Å². The summed E-state index contributed by atoms with van der Waals surface area (Å²) in [5.74, 6) is -7.62. The van der Waals surface area contributed by atoms with Gasteiger partial charge in [0, 0.05) is 69.6 Å². The van der Waals surface area contributed by atoms with Gasteiger partial charge in [0.2, 0.25) is 5.91 Å². The van der Waals surface area contributed by atoms with Crippen molar-refractivity contribution in [3.05, 3.63) is 39.7 Å². The number of anilines is 1. The lowest BCUT2D eigenvalue weighted by atomic mass is 9.52. The highest BCUT2D eigenvalue weighted by Crippen LogP contribution is 2.57. The van der Waals surface area contributed by atoms with Crippen LogP contribution in [0.4, 0.5) is 5.69 Å². The van der Waals surface area contributed by atoms with Crippen LogP contribution in [0.1, 0.15) is 71.6 Å². The summed E-state index contributed by atoms with van der Waals surface area (Å²) in [5.41, 5.74) is -1.40. The molecule has 0 saturated heterocycles. The lowest BCUT2D eigenvalue weighted by Crippen LogP contribution is -2.62. The van der Waals surface area contributed by atoms with Crippen molar-refractivity contribution in [2.24, 2.45) is 17.3 Å². The first-order valence-electron chi connectivity index (χ1n) is 16.8. The minimum absolute atomic E-state index is 0.0301. The topological polar surface area (TPSA) is 189 Å². The van der Waals surface area contributed by atoms with Gasteiger partial charge < -0.3 is 24.8 Å². The zero-order valence-corrected chi connectivity index (χ0v) is 31.2. The summed E-state index contributed by atoms with van der Waals surface area (Å²) in [5, 5.41) is 17.4. The minimum Gasteiger partial charge on any atom is -0.507 e. The molecule has 1 aromatic rings. The van der Waals surface area contributed by atoms with Crippen molar-refractivity contribution in [3.63, 3.8) is 0 Å². The summed E-state index contributed by atoms with van der Waals surface area (Å²) in [6.07, 6.45) is 0.185. The maximum Gasteiger partial charge on any atom is 0.308 e. The highest BCUT2D eigenvalue weighted by Gasteiger charge is 2.63. The number of carbonyl (C=O) groups is 7. The van der Waals surface area contributed by atoms with Crippen molar-refractivity contribution in [3.8, 4) is 5.75 Å². The third-order valence-corrected chi connectivity index (χ3v) is 9.64. The Morgan fingerprint density at radius 1 is 0.980 bits per heavy atom. The second-order valence-electron chi connectivity index (χ2n) is 15.2. The predicted octanol–water partition coefficient (Wildman–Crippen LogP) is 2.21. The molecule has 4 rings (SSSR count). The number of carbonyl (C=O) groups excluding carboxylic acids is 7. The molecule has 1 fully saturated rings. The number of fused-ring (bicyclic) bond motifs is 3. The molecule has 4 atom stereocenters. The molecule has 14 nitrogen and oxygen atoms in total. The predicted molar refractivity (Wildman–Crippen MR) is 187 cm³/mol. The Morgan fingerprint density at radius 3 is 2.10 bits per heavy atom. The van der Waals surface area contributed by atoms with E-state index in [1.54, 1.807) is 44.1 Å². The molecule has 0 bridgehead atoms. The van der Waals surface area contributed by atoms with Crippen LogP contribution in [0.3, 0.4) is 0 Å². The summed E-state index contributed by atoms with van der Waals surface area (Å²) < 4.78 is 11.2. The van der Waals surface area contributed by atoms with Crippen molar-refractivity contribution >= 4 is 52.5 Å². The number of imide groups is 1. The van der Waals surface area contributed by atoms with E-state index in [1.165, 1.54) is 13.8 Å². The van der Waals surface area contributed by atoms with Crippen LogP contribution >= 0.6 is 0 Å². The zero-order valence-electron chi connectivity index (χ0n) is 31.2. The fraction of sp³-hybridized carbons (Fsp3) is 0.541. The van der Waals surface area contributed by atoms with E-state index in [2.05, 4.69) is 10.6 Å². The maximum absolute atomic E-state index is 14.9. The average molecular weight is 709 g/mol. The molecule has 3 aliphatic rings. The fourth-order valence-corrected chi connectivity index (χ4v) is 7.51. The number of ketones is 3. The first kappa shape index (κ1) is 39.1. The van der Waals surface area contributed by atoms with Gasteiger partial charge in [-0.05, 0) is 72.2 Å². The number of hydrogen-bond donors (Lipinski definition) is 3. The molecule has 0 heterocycles. The molecular weight excluding hydrogens is 660 g/mol. The molecule has 0 spiro atoms. The Hall–Kier alpha value is -4.69. The molecule has 51 heavy (non-hydrogen) atoms. The van der Waals surface area contributed by atoms with Gasteiger partial charge >= 0.3 is 11.9 Å². The van der Waals surface area contributed by atoms with Crippen LogP contribution in [-0.2, 0) is 51.1 Å². The number of esters is 2. The Morgan fingerprint density at radius 2 is 1.59 bits per heavy atom. The summed E-state index contributed by atoms with van der Waals surface area (Å²) >= 11 is 0. The highest BCUT2D eigenvalue weighted by molar-refractivity contribution is 6.32. The molecule has 3 aliphatic carbocycles. The maximum atomic E-state index is 14.9. The minimum atomic E-state index is -1.95. The highest BCUT2D eigenvalue weighted by atomic mass is 16.5. The van der Waals surface area contributed by atoms with Gasteiger partial charge in [-0.1, -0.05) is 0 Å². The Bertz CT molecular complexity index is 1800. The molecule has 0 aromatic heterocycles. The van der Waals surface area contributed by atoms with E-state index in [0.717, 1.165) is 13.8 Å². The van der Waals surface area contributed by atoms with E-state index < -0.39 is 69.9 Å². The molecule has 276 valence electrons. The SMILES string of the molecule is CC(=O)NC(=O)C1=C(OC(C)=O)[C@@H](N(C)C)[C@@H]2C[C@@H]3Cc4c(N(C)C)cc(CC(=O)CNC(C)(C)C)c(OC(C)=O)c4C(O)=C3C(=O)[C@]2(C)C1=O. The van der Waals surface area contributed by atoms with Crippen LogP contribution in [0.5, 0.6) is 5.75 Å². The number of benzene rings is 1. The smallest absolute Gasteiger partial charge is 0.308 e. The lowest BCUT2D eigenvalue weighted by Gasteiger charge is -2.52. The van der Waals surface area contributed by atoms with Gasteiger partial charge in [-0.3, -0.25) is 43.8 Å². The third kappa shape index (κ3) is 7.38. The van der Waals surface area contributed by atoms with Gasteiger partial charge in [-0.25, -0.2) is 0 Å². The zero-order chi connectivity index (χ0) is 38.5. The van der Waals surface area contributed by atoms with E-state index in [1.807, 2.05) is 20.8 Å². The summed E-state index contributed by atoms with van der Waals surface area (Å²) in [6, 6.07) is 0.811. The number of nitrogens with one attached hydrogen (secondary N) is 2. The Labute approximate surface area is 297 Å². The molecule has 2 amide bonds. The van der Waals surface area contributed by atoms with Gasteiger partial charge in [0.15, 0.2) is 17.3 Å². The second kappa shape index (κ2) is 14.1. The summed E-state index contributed by atoms with van der Waals surface area (Å²) in [6.45, 7) is 10.6. The van der Waals surface area contributed by atoms with Crippen molar-refractivity contribution < 1.29 is 48.1 Å². The van der Waals surface area contributed by atoms with Gasteiger partial charge in [0.05, 0.1) is 23.6 Å². The first-order valence-corrected chi connectivity index (χ1v) is 16.8. The number of aliphatic hydroxyl groups excluding tert-OH is 1. The number of ether oxygens (including phenoxy) is 2. The van der Waals surface area contributed by atoms with Crippen LogP contribution in [-0.4, -0.2) is 97.4 Å². The van der Waals surface area contributed by atoms with Crippen molar-refractivity contribution in [2.75, 3.05) is 39.6 Å². The number of hydrogen-bond acceptors (Lipinski definition) is 13. The summed E-state index contributed by atoms with van der Waals surface area (Å²) in [7, 11) is 6.89. The number of amides is 2. The molecule has 0 aliphatic heterocycles. The van der Waals surface area contributed by atoms with Crippen LogP contribution in [0.25, 0.3) is 5.76 Å². The van der Waals surface area contributed by atoms with E-state index >= 15 is 0 Å². The average Bonchev–Trinajstić information content (AvgIpc) is 2.97. The number of Topliss-reactive ketones (excluding diaryl/α,β-unsaturated/α-hetero) is 3. The fourth-order valence-electron chi connectivity index (χ4n) is 7.51. The van der Waals surface area contributed by atoms with Gasteiger partial charge in [0.1, 0.15) is 22.8 Å². The van der Waals surface area contributed by atoms with Crippen LogP contribution < -0.4 is 20.3 Å². The standard InChI is InChI=1S/C37H48N4O10/c1-17(42)39-35(49)28-32(51-19(3)44)29(41(10)11)24-14-20-13-23-25(40(8)9)15-21(12-22(45)16-38-36(4,5)6)31(50-18(2)43)27(23)30(46)26(20)33(47)37(24,7)34(28)48/h15,20,24,29,38,46H,12-14,16H2,1-11H3,(H,39,42,49)/t20-,24-,29-,37+/m0/s1. The van der Waals surface area contributed by atoms with E-state index in [-0.39, 0.29) is 59.8 Å². The van der Waals surface area contributed by atoms with Crippen LogP contribution in [0.15, 0.2) is 23.0 Å². The van der Waals surface area contributed by atoms with Crippen molar-refractivity contribution in [2.45, 2.75) is 79.3 Å². The normalized spacial score (nSPS) is 22.9. The van der Waals surface area contributed by atoms with Gasteiger partial charge in [-0.15, -0.1) is 0 Å². The van der Waals surface area contributed by atoms with Crippen molar-refractivity contribution in [1.29, 1.82) is 0 Å². The Balaban J connectivity index is 1.98. The third-order valence-electron chi connectivity index (χ3n) is 9.64. The lowest BCUT2D eigenvalue weighted by molar-refractivity contribution is -0.149. The second-order valence-corrected chi connectivity index (χ2v) is 15.2. The van der Waals surface area contributed by atoms with Crippen molar-refractivity contribution in [1.82, 2.24) is 15.5 Å². The van der Waals surface area contributed by atoms with Gasteiger partial charge in [-0.2, -0.15) is 0 Å². The number of nitrogens with zero attached hydrogens (tertiary/aromatic N) is 2. The largest absolute Gasteiger partial charge is 0.507 e. The quantitative estimate of drug-likeness (QED) is 0.147. The van der Waals surface area contributed by atoms with Gasteiger partial charge in [0.25, 0.3) is 5.91 Å². The molecular formula is C37H48N4O10. The van der Waals surface area contributed by atoms with E-state index in [0.29, 0.717) is 16.8 Å². The molecule has 1 saturated carbocycles. The molecule has 14 heteroatoms. The van der Waals surface area contributed by atoms with Crippen LogP contribution in [0, 0.1) is 17.3 Å². The monoisotopic (exact) mass is 708 g/mol.